The Morgan fingerprint density at radius 2 is 1.83 bits per heavy atom. The van der Waals surface area contributed by atoms with E-state index in [9.17, 15) is 14.4 Å². The molecule has 24 heavy (non-hydrogen) atoms. The monoisotopic (exact) mass is 330 g/mol. The molecule has 0 bridgehead atoms. The Labute approximate surface area is 141 Å². The molecule has 0 saturated carbocycles. The first kappa shape index (κ1) is 16.5. The van der Waals surface area contributed by atoms with Crippen molar-refractivity contribution in [1.29, 1.82) is 0 Å². The Kier molecular flexibility index (Phi) is 4.83. The zero-order valence-electron chi connectivity index (χ0n) is 13.9. The van der Waals surface area contributed by atoms with Crippen molar-refractivity contribution in [2.75, 3.05) is 19.7 Å². The summed E-state index contributed by atoms with van der Waals surface area (Å²) >= 11 is 0. The standard InChI is InChI=1S/C18H22N2O4/c1-2-24-15-6-4-3-5-13(15)7-8-16(21)19-11-14(12-19)20-17(22)9-10-18(20)23/h3-6,14H,2,7-12H2,1H3. The van der Waals surface area contributed by atoms with Gasteiger partial charge >= 0.3 is 0 Å². The summed E-state index contributed by atoms with van der Waals surface area (Å²) in [6.07, 6.45) is 1.63. The van der Waals surface area contributed by atoms with E-state index in [4.69, 9.17) is 4.74 Å². The minimum absolute atomic E-state index is 0.0525. The molecule has 6 heteroatoms. The fourth-order valence-electron chi connectivity index (χ4n) is 3.23. The van der Waals surface area contributed by atoms with E-state index >= 15 is 0 Å². The van der Waals surface area contributed by atoms with Crippen LogP contribution in [0.4, 0.5) is 0 Å². The quantitative estimate of drug-likeness (QED) is 0.739. The van der Waals surface area contributed by atoms with Crippen molar-refractivity contribution < 1.29 is 19.1 Å². The normalized spacial score (nSPS) is 18.0. The van der Waals surface area contributed by atoms with E-state index in [1.165, 1.54) is 4.90 Å². The highest BCUT2D eigenvalue weighted by Gasteiger charge is 2.42. The molecule has 1 aromatic carbocycles. The maximum absolute atomic E-state index is 12.3. The Balaban J connectivity index is 1.49. The number of carbonyl (C=O) groups excluding carboxylic acids is 3. The van der Waals surface area contributed by atoms with Gasteiger partial charge in [-0.2, -0.15) is 0 Å². The van der Waals surface area contributed by atoms with Crippen LogP contribution < -0.4 is 4.74 Å². The van der Waals surface area contributed by atoms with Gasteiger partial charge in [0.05, 0.1) is 12.6 Å². The molecular formula is C18H22N2O4. The van der Waals surface area contributed by atoms with Crippen LogP contribution in [0, 0.1) is 0 Å². The predicted octanol–water partition coefficient (Wildman–Crippen LogP) is 1.38. The van der Waals surface area contributed by atoms with Crippen LogP contribution >= 0.6 is 0 Å². The SMILES string of the molecule is CCOc1ccccc1CCC(=O)N1CC(N2C(=O)CCC2=O)C1. The van der Waals surface area contributed by atoms with Crippen molar-refractivity contribution in [2.45, 2.75) is 38.6 Å². The van der Waals surface area contributed by atoms with Gasteiger partial charge in [-0.05, 0) is 25.0 Å². The molecule has 3 amide bonds. The molecule has 1 aromatic rings. The lowest BCUT2D eigenvalue weighted by Crippen LogP contribution is -2.62. The number of ether oxygens (including phenoxy) is 1. The van der Waals surface area contributed by atoms with Gasteiger partial charge in [0, 0.05) is 32.4 Å². The summed E-state index contributed by atoms with van der Waals surface area (Å²) in [5.74, 6) is 0.657. The highest BCUT2D eigenvalue weighted by molar-refractivity contribution is 6.02. The van der Waals surface area contributed by atoms with E-state index in [1.807, 2.05) is 31.2 Å². The summed E-state index contributed by atoms with van der Waals surface area (Å²) in [7, 11) is 0. The first-order valence-electron chi connectivity index (χ1n) is 8.43. The number of amides is 3. The number of carbonyl (C=O) groups is 3. The van der Waals surface area contributed by atoms with Crippen LogP contribution in [0.2, 0.25) is 0 Å². The van der Waals surface area contributed by atoms with E-state index in [2.05, 4.69) is 0 Å². The molecule has 0 aliphatic carbocycles. The summed E-state index contributed by atoms with van der Waals surface area (Å²) in [4.78, 5) is 38.7. The summed E-state index contributed by atoms with van der Waals surface area (Å²) in [6, 6.07) is 7.60. The van der Waals surface area contributed by atoms with Crippen LogP contribution in [0.3, 0.4) is 0 Å². The van der Waals surface area contributed by atoms with Gasteiger partial charge in [0.25, 0.3) is 0 Å². The van der Waals surface area contributed by atoms with Crippen LogP contribution in [-0.2, 0) is 20.8 Å². The molecule has 3 rings (SSSR count). The van der Waals surface area contributed by atoms with Gasteiger partial charge in [-0.3, -0.25) is 19.3 Å². The number of rotatable bonds is 6. The van der Waals surface area contributed by atoms with Crippen LogP contribution in [0.15, 0.2) is 24.3 Å². The number of hydrogen-bond donors (Lipinski definition) is 0. The van der Waals surface area contributed by atoms with E-state index in [0.717, 1.165) is 11.3 Å². The molecule has 2 saturated heterocycles. The fourth-order valence-corrected chi connectivity index (χ4v) is 3.23. The molecule has 2 aliphatic rings. The van der Waals surface area contributed by atoms with E-state index in [0.29, 0.717) is 45.4 Å². The molecule has 2 aliphatic heterocycles. The molecule has 2 heterocycles. The lowest BCUT2D eigenvalue weighted by atomic mass is 10.0. The van der Waals surface area contributed by atoms with Crippen molar-refractivity contribution in [3.8, 4) is 5.75 Å². The summed E-state index contributed by atoms with van der Waals surface area (Å²) in [5.41, 5.74) is 1.02. The van der Waals surface area contributed by atoms with Crippen LogP contribution in [-0.4, -0.2) is 53.3 Å². The fraction of sp³-hybridized carbons (Fsp3) is 0.500. The second-order valence-corrected chi connectivity index (χ2v) is 6.15. The van der Waals surface area contributed by atoms with E-state index in [1.54, 1.807) is 4.90 Å². The van der Waals surface area contributed by atoms with Gasteiger partial charge in [0.2, 0.25) is 17.7 Å². The van der Waals surface area contributed by atoms with Gasteiger partial charge in [-0.1, -0.05) is 18.2 Å². The largest absolute Gasteiger partial charge is 0.494 e. The van der Waals surface area contributed by atoms with Crippen LogP contribution in [0.5, 0.6) is 5.75 Å². The molecule has 0 N–H and O–H groups in total. The van der Waals surface area contributed by atoms with Crippen molar-refractivity contribution in [2.24, 2.45) is 0 Å². The Hall–Kier alpha value is -2.37. The smallest absolute Gasteiger partial charge is 0.230 e. The molecule has 0 spiro atoms. The second-order valence-electron chi connectivity index (χ2n) is 6.15. The third kappa shape index (κ3) is 3.27. The van der Waals surface area contributed by atoms with E-state index < -0.39 is 0 Å². The summed E-state index contributed by atoms with van der Waals surface area (Å²) in [6.45, 7) is 3.45. The number of likely N-dealkylation sites (tertiary alicyclic amines) is 2. The number of aryl methyl sites for hydroxylation is 1. The molecule has 2 fully saturated rings. The maximum atomic E-state index is 12.3. The average molecular weight is 330 g/mol. The average Bonchev–Trinajstić information content (AvgIpc) is 2.85. The number of imide groups is 1. The lowest BCUT2D eigenvalue weighted by molar-refractivity contribution is -0.151. The lowest BCUT2D eigenvalue weighted by Gasteiger charge is -2.43. The third-order valence-electron chi connectivity index (χ3n) is 4.55. The van der Waals surface area contributed by atoms with Crippen molar-refractivity contribution >= 4 is 17.7 Å². The molecule has 0 radical (unpaired) electrons. The third-order valence-corrected chi connectivity index (χ3v) is 4.55. The van der Waals surface area contributed by atoms with Gasteiger partial charge < -0.3 is 9.64 Å². The van der Waals surface area contributed by atoms with Gasteiger partial charge in [0.15, 0.2) is 0 Å². The molecule has 128 valence electrons. The van der Waals surface area contributed by atoms with Gasteiger partial charge in [0.1, 0.15) is 5.75 Å². The predicted molar refractivity (Wildman–Crippen MR) is 87.4 cm³/mol. The van der Waals surface area contributed by atoms with Crippen molar-refractivity contribution in [1.82, 2.24) is 9.80 Å². The number of hydrogen-bond acceptors (Lipinski definition) is 4. The minimum Gasteiger partial charge on any atom is -0.494 e. The van der Waals surface area contributed by atoms with Crippen molar-refractivity contribution in [3.63, 3.8) is 0 Å². The van der Waals surface area contributed by atoms with Gasteiger partial charge in [-0.25, -0.2) is 0 Å². The second kappa shape index (κ2) is 7.03. The zero-order chi connectivity index (χ0) is 17.1. The topological polar surface area (TPSA) is 66.9 Å². The molecule has 0 unspecified atom stereocenters. The molecule has 0 atom stereocenters. The van der Waals surface area contributed by atoms with Crippen LogP contribution in [0.25, 0.3) is 0 Å². The first-order chi connectivity index (χ1) is 11.6. The number of para-hydroxylation sites is 1. The van der Waals surface area contributed by atoms with E-state index in [-0.39, 0.29) is 23.8 Å². The summed E-state index contributed by atoms with van der Waals surface area (Å²) < 4.78 is 5.57. The highest BCUT2D eigenvalue weighted by Crippen LogP contribution is 2.24. The Bertz CT molecular complexity index is 636. The highest BCUT2D eigenvalue weighted by atomic mass is 16.5. The molecule has 6 nitrogen and oxygen atoms in total. The first-order valence-corrected chi connectivity index (χ1v) is 8.43. The number of benzene rings is 1. The van der Waals surface area contributed by atoms with Crippen molar-refractivity contribution in [3.05, 3.63) is 29.8 Å². The minimum atomic E-state index is -0.132. The van der Waals surface area contributed by atoms with Crippen LogP contribution in [0.1, 0.15) is 31.7 Å². The Morgan fingerprint density at radius 1 is 1.17 bits per heavy atom. The van der Waals surface area contributed by atoms with Gasteiger partial charge in [-0.15, -0.1) is 0 Å². The maximum Gasteiger partial charge on any atom is 0.230 e. The molecule has 0 aromatic heterocycles. The molecular weight excluding hydrogens is 308 g/mol. The zero-order valence-corrected chi connectivity index (χ0v) is 13.9. The number of nitrogens with zero attached hydrogens (tertiary/aromatic N) is 2. The summed E-state index contributed by atoms with van der Waals surface area (Å²) in [5, 5.41) is 0. The Morgan fingerprint density at radius 3 is 2.50 bits per heavy atom.